The van der Waals surface area contributed by atoms with Gasteiger partial charge in [-0.2, -0.15) is 0 Å². The summed E-state index contributed by atoms with van der Waals surface area (Å²) in [6.45, 7) is 16.1. The fraction of sp³-hybridized carbons (Fsp3) is 0.829. The highest BCUT2D eigenvalue weighted by Crippen LogP contribution is 2.44. The second kappa shape index (κ2) is 18.4. The van der Waals surface area contributed by atoms with Crippen LogP contribution in [0.15, 0.2) is 4.99 Å². The molecule has 3 amide bonds. The number of hydrogen-bond donors (Lipinski definition) is 6. The minimum Gasteiger partial charge on any atom is -0.459 e. The van der Waals surface area contributed by atoms with Crippen LogP contribution in [0.4, 0.5) is 9.59 Å². The van der Waals surface area contributed by atoms with Crippen molar-refractivity contribution in [3.63, 3.8) is 0 Å². The maximum atomic E-state index is 13.9. The fourth-order valence-electron chi connectivity index (χ4n) is 7.28. The Kier molecular flexibility index (Phi) is 15.8. The largest absolute Gasteiger partial charge is 0.459 e. The van der Waals surface area contributed by atoms with Crippen molar-refractivity contribution in [2.45, 2.75) is 136 Å². The fourth-order valence-corrected chi connectivity index (χ4v) is 7.28. The second-order valence-electron chi connectivity index (χ2n) is 14.5. The highest BCUT2D eigenvalue weighted by Gasteiger charge is 2.55. The number of hydrogen-bond acceptors (Lipinski definition) is 11. The van der Waals surface area contributed by atoms with Crippen molar-refractivity contribution in [2.24, 2.45) is 34.4 Å². The number of aliphatic imine (C=N–C) groups is 1. The molecule has 15 heteroatoms. The molecule has 15 nitrogen and oxygen atoms in total. The third kappa shape index (κ3) is 11.4. The number of nitrogens with one attached hydrogen (secondary N) is 3. The number of fused-ring (bicyclic) bond motifs is 2. The topological polar surface area (TPSA) is 212 Å². The van der Waals surface area contributed by atoms with Gasteiger partial charge in [-0.1, -0.05) is 33.6 Å². The normalized spacial score (nSPS) is 36.6. The molecule has 50 heavy (non-hydrogen) atoms. The first kappa shape index (κ1) is 43.0. The summed E-state index contributed by atoms with van der Waals surface area (Å²) in [5.74, 6) is -1.80. The number of terminal acetylenes is 1. The lowest BCUT2D eigenvalue weighted by molar-refractivity contribution is -0.359. The number of rotatable bonds is 9. The number of carbonyl (C=O) groups is 3. The zero-order chi connectivity index (χ0) is 38.0. The molecule has 0 aromatic carbocycles. The molecule has 2 bridgehead atoms. The van der Waals surface area contributed by atoms with Gasteiger partial charge in [0.1, 0.15) is 24.4 Å². The Morgan fingerprint density at radius 2 is 1.76 bits per heavy atom. The second-order valence-corrected chi connectivity index (χ2v) is 14.5. The van der Waals surface area contributed by atoms with Crippen molar-refractivity contribution >= 4 is 24.1 Å². The monoisotopic (exact) mass is 711 g/mol. The van der Waals surface area contributed by atoms with Crippen molar-refractivity contribution < 1.29 is 48.3 Å². The summed E-state index contributed by atoms with van der Waals surface area (Å²) in [7, 11) is 1.46. The number of esters is 1. The number of cyclic esters (lactones) is 1. The lowest BCUT2D eigenvalue weighted by Crippen LogP contribution is -2.64. The number of carbonyl (C=O) groups excluding carboxylic acids is 3. The van der Waals surface area contributed by atoms with E-state index in [1.807, 2.05) is 13.8 Å². The van der Waals surface area contributed by atoms with E-state index in [0.717, 1.165) is 0 Å². The number of urea groups is 1. The van der Waals surface area contributed by atoms with Gasteiger partial charge in [0.25, 0.3) is 0 Å². The number of unbranched alkanes of at least 4 members (excludes halogenated alkanes) is 1. The smallest absolute Gasteiger partial charge is 0.407 e. The minimum atomic E-state index is -1.62. The summed E-state index contributed by atoms with van der Waals surface area (Å²) in [6, 6.07) is -0.483. The van der Waals surface area contributed by atoms with Gasteiger partial charge >= 0.3 is 18.1 Å². The average molecular weight is 712 g/mol. The molecule has 2 fully saturated rings. The van der Waals surface area contributed by atoms with E-state index in [-0.39, 0.29) is 43.8 Å². The molecule has 0 aliphatic carbocycles. The molecule has 2 rings (SSSR count). The molecular formula is C35H61N5O10. The first-order valence-corrected chi connectivity index (χ1v) is 17.5. The number of amides is 3. The Hall–Kier alpha value is -3.16. The van der Waals surface area contributed by atoms with Crippen molar-refractivity contribution in [1.82, 2.24) is 16.0 Å². The number of nitrogens with zero attached hydrogens (tertiary/aromatic N) is 1. The van der Waals surface area contributed by atoms with E-state index in [4.69, 9.17) is 35.8 Å². The van der Waals surface area contributed by atoms with Gasteiger partial charge in [0.2, 0.25) is 0 Å². The van der Waals surface area contributed by atoms with Crippen LogP contribution in [0.3, 0.4) is 0 Å². The summed E-state index contributed by atoms with van der Waals surface area (Å²) in [4.78, 5) is 42.4. The van der Waals surface area contributed by atoms with Crippen LogP contribution < -0.4 is 21.7 Å². The number of alkyl carbamates (subject to hydrolysis) is 1. The number of guanidine groups is 1. The van der Waals surface area contributed by atoms with Crippen LogP contribution in [0.5, 0.6) is 0 Å². The van der Waals surface area contributed by atoms with E-state index in [9.17, 15) is 24.6 Å². The summed E-state index contributed by atoms with van der Waals surface area (Å²) >= 11 is 0. The van der Waals surface area contributed by atoms with Gasteiger partial charge in [0.15, 0.2) is 11.7 Å². The highest BCUT2D eigenvalue weighted by atomic mass is 16.7. The molecule has 0 aromatic rings. The van der Waals surface area contributed by atoms with Crippen LogP contribution in [0.2, 0.25) is 0 Å². The zero-order valence-corrected chi connectivity index (χ0v) is 31.4. The van der Waals surface area contributed by atoms with E-state index in [1.54, 1.807) is 48.5 Å². The van der Waals surface area contributed by atoms with Gasteiger partial charge in [-0.15, -0.1) is 6.42 Å². The molecule has 0 unspecified atom stereocenters. The third-order valence-electron chi connectivity index (χ3n) is 9.65. The standard InChI is InChI=1S/C35H61N5O10/c1-12-18-46-27-22(5)26(48-32(43)39-17-15-14-16-38-30(36)40-31(42)37-11)23(6)29(41)47-24(13-2)35(10,45)28-21(4)25(49-33(7,8)50-28)20(3)19-34(27,9)44/h1,20-28,44-45H,13-19H2,2-11H3,(H,39,43)(H4,36,37,38,40,42)/t20-,21+,22+,23-,24-,25+,26+,27-,28-,34-,35-/m1/s1. The Bertz CT molecular complexity index is 1220. The van der Waals surface area contributed by atoms with Crippen molar-refractivity contribution in [2.75, 3.05) is 26.7 Å². The highest BCUT2D eigenvalue weighted by molar-refractivity contribution is 5.95. The molecule has 11 atom stereocenters. The number of aliphatic hydroxyl groups is 2. The predicted molar refractivity (Wildman–Crippen MR) is 187 cm³/mol. The molecule has 7 N–H and O–H groups in total. The maximum absolute atomic E-state index is 13.9. The Morgan fingerprint density at radius 3 is 2.36 bits per heavy atom. The molecule has 2 saturated heterocycles. The van der Waals surface area contributed by atoms with Crippen LogP contribution in [0, 0.1) is 36.0 Å². The van der Waals surface area contributed by atoms with Crippen LogP contribution in [0.1, 0.15) is 88.0 Å². The zero-order valence-electron chi connectivity index (χ0n) is 31.4. The summed E-state index contributed by atoms with van der Waals surface area (Å²) in [5.41, 5.74) is 2.50. The van der Waals surface area contributed by atoms with Crippen molar-refractivity contribution in [3.8, 4) is 12.3 Å². The third-order valence-corrected chi connectivity index (χ3v) is 9.65. The van der Waals surface area contributed by atoms with Gasteiger partial charge in [0.05, 0.1) is 29.8 Å². The predicted octanol–water partition coefficient (Wildman–Crippen LogP) is 2.42. The van der Waals surface area contributed by atoms with E-state index >= 15 is 0 Å². The van der Waals surface area contributed by atoms with Gasteiger partial charge < -0.3 is 50.3 Å². The van der Waals surface area contributed by atoms with Crippen molar-refractivity contribution in [3.05, 3.63) is 0 Å². The van der Waals surface area contributed by atoms with E-state index in [0.29, 0.717) is 19.4 Å². The summed E-state index contributed by atoms with van der Waals surface area (Å²) < 4.78 is 30.7. The molecule has 0 aromatic heterocycles. The molecular weight excluding hydrogens is 650 g/mol. The quantitative estimate of drug-likeness (QED) is 0.0672. The van der Waals surface area contributed by atoms with Crippen LogP contribution in [0.25, 0.3) is 0 Å². The molecule has 286 valence electrons. The molecule has 2 aliphatic heterocycles. The Balaban J connectivity index is 2.41. The first-order chi connectivity index (χ1) is 23.2. The maximum Gasteiger partial charge on any atom is 0.407 e. The number of nitrogens with two attached hydrogens (primary N) is 1. The van der Waals surface area contributed by atoms with Crippen LogP contribution in [-0.4, -0.2) is 109 Å². The lowest BCUT2D eigenvalue weighted by atomic mass is 9.72. The minimum absolute atomic E-state index is 0.0271. The summed E-state index contributed by atoms with van der Waals surface area (Å²) in [6.07, 6.45) is 1.96. The first-order valence-electron chi connectivity index (χ1n) is 17.5. The van der Waals surface area contributed by atoms with Crippen LogP contribution in [-0.2, 0) is 28.5 Å². The molecule has 0 saturated carbocycles. The number of ether oxygens (including phenoxy) is 5. The average Bonchev–Trinajstić information content (AvgIpc) is 3.03. The van der Waals surface area contributed by atoms with E-state index in [2.05, 4.69) is 26.9 Å². The molecule has 2 aliphatic rings. The molecule has 0 spiro atoms. The van der Waals surface area contributed by atoms with Gasteiger partial charge in [0, 0.05) is 32.0 Å². The van der Waals surface area contributed by atoms with Gasteiger partial charge in [-0.25, -0.2) is 9.59 Å². The molecule has 2 heterocycles. The van der Waals surface area contributed by atoms with E-state index < -0.39 is 77.4 Å². The van der Waals surface area contributed by atoms with E-state index in [1.165, 1.54) is 7.05 Å². The Labute approximate surface area is 297 Å². The van der Waals surface area contributed by atoms with Gasteiger partial charge in [-0.3, -0.25) is 15.1 Å². The van der Waals surface area contributed by atoms with Crippen molar-refractivity contribution in [1.29, 1.82) is 0 Å². The van der Waals surface area contributed by atoms with Gasteiger partial charge in [-0.05, 0) is 66.2 Å². The SMILES string of the molecule is C#CCO[C@@H]1[C@@H](C)[C@H](OC(=O)NCCCCN=C(N)NC(=O)NC)[C@@H](C)C(=O)O[C@H](CC)[C@@](C)(O)[C@@H]2OC(C)(C)O[C@H]([C@@H]2C)[C@H](C)C[C@@]1(C)O. The Morgan fingerprint density at radius 1 is 1.10 bits per heavy atom. The molecule has 0 radical (unpaired) electrons. The summed E-state index contributed by atoms with van der Waals surface area (Å²) in [5, 5.41) is 31.5. The lowest BCUT2D eigenvalue weighted by Gasteiger charge is -2.53. The van der Waals surface area contributed by atoms with Crippen LogP contribution >= 0.6 is 0 Å².